The summed E-state index contributed by atoms with van der Waals surface area (Å²) in [6, 6.07) is 53.5. The van der Waals surface area contributed by atoms with Gasteiger partial charge in [-0.3, -0.25) is 4.98 Å². The molecule has 4 heteroatoms. The van der Waals surface area contributed by atoms with Crippen LogP contribution < -0.4 is 4.90 Å². The van der Waals surface area contributed by atoms with Crippen LogP contribution in [-0.2, 0) is 0 Å². The fraction of sp³-hybridized carbons (Fsp3) is 0. The summed E-state index contributed by atoms with van der Waals surface area (Å²) in [5.41, 5.74) is 5.72. The maximum absolute atomic E-state index is 4.20. The molecule has 10 rings (SSSR count). The third kappa shape index (κ3) is 4.26. The van der Waals surface area contributed by atoms with Crippen LogP contribution in [0.1, 0.15) is 0 Å². The third-order valence-electron chi connectivity index (χ3n) is 9.34. The first-order valence-electron chi connectivity index (χ1n) is 15.8. The molecule has 0 bridgehead atoms. The fourth-order valence-electron chi connectivity index (χ4n) is 7.07. The fourth-order valence-corrected chi connectivity index (χ4v) is 9.55. The molecule has 0 unspecified atom stereocenters. The number of hydrogen-bond donors (Lipinski definition) is 0. The smallest absolute Gasteiger partial charge is 0.0468 e. The Labute approximate surface area is 279 Å². The summed E-state index contributed by atoms with van der Waals surface area (Å²) in [5, 5.41) is 10.4. The number of fused-ring (bicyclic) bond motifs is 10. The molecule has 10 aromatic rings. The monoisotopic (exact) mass is 634 g/mol. The van der Waals surface area contributed by atoms with Gasteiger partial charge in [0.05, 0.1) is 0 Å². The second kappa shape index (κ2) is 10.5. The molecule has 0 aliphatic carbocycles. The molecule has 7 aromatic carbocycles. The van der Waals surface area contributed by atoms with E-state index in [1.807, 2.05) is 35.1 Å². The van der Waals surface area contributed by atoms with E-state index in [1.54, 1.807) is 0 Å². The molecule has 0 atom stereocenters. The molecule has 0 radical (unpaired) electrons. The first-order chi connectivity index (χ1) is 23.3. The van der Waals surface area contributed by atoms with Crippen LogP contribution in [0.5, 0.6) is 0 Å². The Balaban J connectivity index is 1.15. The quantitative estimate of drug-likeness (QED) is 0.191. The Morgan fingerprint density at radius 2 is 0.851 bits per heavy atom. The molecule has 0 aliphatic rings. The summed E-state index contributed by atoms with van der Waals surface area (Å²) in [4.78, 5) is 6.59. The first-order valence-corrected chi connectivity index (χ1v) is 17.4. The van der Waals surface area contributed by atoms with Crippen LogP contribution in [0.25, 0.3) is 73.0 Å². The molecule has 220 valence electrons. The number of nitrogens with zero attached hydrogens (tertiary/aromatic N) is 2. The minimum Gasteiger partial charge on any atom is -0.310 e. The Morgan fingerprint density at radius 3 is 1.40 bits per heavy atom. The van der Waals surface area contributed by atoms with Gasteiger partial charge in [0, 0.05) is 69.8 Å². The van der Waals surface area contributed by atoms with Gasteiger partial charge in [-0.05, 0) is 93.3 Å². The normalized spacial score (nSPS) is 11.8. The van der Waals surface area contributed by atoms with Crippen molar-refractivity contribution in [3.05, 3.63) is 158 Å². The van der Waals surface area contributed by atoms with Gasteiger partial charge in [0.15, 0.2) is 0 Å². The number of hydrogen-bond acceptors (Lipinski definition) is 4. The molecule has 0 spiro atoms. The molecule has 0 fully saturated rings. The van der Waals surface area contributed by atoms with Crippen LogP contribution in [0.3, 0.4) is 0 Å². The second-order valence-corrected chi connectivity index (χ2v) is 14.1. The number of anilines is 3. The van der Waals surface area contributed by atoms with Crippen LogP contribution in [0.4, 0.5) is 17.1 Å². The summed E-state index contributed by atoms with van der Waals surface area (Å²) >= 11 is 3.77. The van der Waals surface area contributed by atoms with Crippen molar-refractivity contribution >= 4 is 102 Å². The van der Waals surface area contributed by atoms with Crippen molar-refractivity contribution in [2.45, 2.75) is 0 Å². The molecule has 0 aliphatic heterocycles. The summed E-state index contributed by atoms with van der Waals surface area (Å²) in [6.07, 6.45) is 3.70. The Bertz CT molecular complexity index is 2640. The van der Waals surface area contributed by atoms with E-state index in [0.29, 0.717) is 0 Å². The number of benzene rings is 7. The summed E-state index contributed by atoms with van der Waals surface area (Å²) in [7, 11) is 0. The van der Waals surface area contributed by atoms with Gasteiger partial charge in [0.25, 0.3) is 0 Å². The maximum Gasteiger partial charge on any atom is 0.0468 e. The van der Waals surface area contributed by atoms with Gasteiger partial charge in [0.1, 0.15) is 0 Å². The number of thiophene rings is 2. The van der Waals surface area contributed by atoms with E-state index in [9.17, 15) is 0 Å². The van der Waals surface area contributed by atoms with Crippen molar-refractivity contribution in [1.29, 1.82) is 0 Å². The lowest BCUT2D eigenvalue weighted by atomic mass is 10.0. The van der Waals surface area contributed by atoms with Crippen LogP contribution in [-0.4, -0.2) is 4.98 Å². The van der Waals surface area contributed by atoms with Crippen molar-refractivity contribution in [2.75, 3.05) is 4.90 Å². The van der Waals surface area contributed by atoms with Gasteiger partial charge < -0.3 is 4.90 Å². The lowest BCUT2D eigenvalue weighted by molar-refractivity contribution is 1.29. The molecule has 0 N–H and O–H groups in total. The predicted molar refractivity (Wildman–Crippen MR) is 205 cm³/mol. The summed E-state index contributed by atoms with van der Waals surface area (Å²) in [6.45, 7) is 0. The van der Waals surface area contributed by atoms with Crippen molar-refractivity contribution in [3.8, 4) is 11.1 Å². The largest absolute Gasteiger partial charge is 0.310 e. The SMILES string of the molecule is c1ccc2c(c1)sc1c3ccc(N(c4ccc(-c5ccncc5)cc4)c4ccc5c(ccc6c7ccccc7sc56)c4)cc3ccc21. The number of rotatable bonds is 4. The molecule has 0 saturated heterocycles. The van der Waals surface area contributed by atoms with E-state index < -0.39 is 0 Å². The first kappa shape index (κ1) is 26.6. The predicted octanol–water partition coefficient (Wildman–Crippen LogP) is 13.3. The summed E-state index contributed by atoms with van der Waals surface area (Å²) < 4.78 is 5.36. The molecular weight excluding hydrogens is 609 g/mol. The highest BCUT2D eigenvalue weighted by Crippen LogP contribution is 2.44. The van der Waals surface area contributed by atoms with Crippen LogP contribution in [0.15, 0.2) is 158 Å². The molecule has 0 saturated carbocycles. The third-order valence-corrected chi connectivity index (χ3v) is 11.8. The Kier molecular flexibility index (Phi) is 5.95. The van der Waals surface area contributed by atoms with Crippen LogP contribution in [0, 0.1) is 0 Å². The van der Waals surface area contributed by atoms with E-state index in [1.165, 1.54) is 67.5 Å². The minimum absolute atomic E-state index is 1.12. The zero-order valence-electron chi connectivity index (χ0n) is 25.2. The van der Waals surface area contributed by atoms with E-state index in [4.69, 9.17) is 0 Å². The van der Waals surface area contributed by atoms with E-state index in [0.717, 1.165) is 22.6 Å². The molecule has 3 heterocycles. The molecule has 3 aromatic heterocycles. The Morgan fingerprint density at radius 1 is 0.383 bits per heavy atom. The lowest BCUT2D eigenvalue weighted by Gasteiger charge is -2.26. The number of aromatic nitrogens is 1. The van der Waals surface area contributed by atoms with E-state index in [-0.39, 0.29) is 0 Å². The average molecular weight is 635 g/mol. The van der Waals surface area contributed by atoms with Crippen LogP contribution >= 0.6 is 22.7 Å². The van der Waals surface area contributed by atoms with Crippen molar-refractivity contribution in [1.82, 2.24) is 4.98 Å². The number of pyridine rings is 1. The second-order valence-electron chi connectivity index (χ2n) is 12.0. The Hall–Kier alpha value is -5.55. The standard InChI is InChI=1S/C43H26N2S2/c1-3-7-40-36(5-1)38-17-11-29-25-32(15-19-34(29)42(38)46-40)45(31-13-9-27(10-14-31)28-21-23-44-24-22-28)33-16-20-35-30(26-33)12-18-39-37-6-2-4-8-41(37)47-43(35)39/h1-26H. The highest BCUT2D eigenvalue weighted by atomic mass is 32.1. The van der Waals surface area contributed by atoms with Crippen molar-refractivity contribution in [2.24, 2.45) is 0 Å². The minimum atomic E-state index is 1.12. The van der Waals surface area contributed by atoms with Crippen molar-refractivity contribution < 1.29 is 0 Å². The van der Waals surface area contributed by atoms with Gasteiger partial charge in [-0.1, -0.05) is 84.9 Å². The molecule has 2 nitrogen and oxygen atoms in total. The van der Waals surface area contributed by atoms with Gasteiger partial charge in [-0.2, -0.15) is 0 Å². The maximum atomic E-state index is 4.20. The van der Waals surface area contributed by atoms with E-state index >= 15 is 0 Å². The van der Waals surface area contributed by atoms with Gasteiger partial charge in [-0.25, -0.2) is 0 Å². The zero-order chi connectivity index (χ0) is 30.9. The topological polar surface area (TPSA) is 16.1 Å². The molecule has 47 heavy (non-hydrogen) atoms. The molecular formula is C43H26N2S2. The van der Waals surface area contributed by atoms with Gasteiger partial charge >= 0.3 is 0 Å². The highest BCUT2D eigenvalue weighted by Gasteiger charge is 2.17. The lowest BCUT2D eigenvalue weighted by Crippen LogP contribution is -2.09. The van der Waals surface area contributed by atoms with E-state index in [2.05, 4.69) is 155 Å². The molecule has 0 amide bonds. The van der Waals surface area contributed by atoms with Gasteiger partial charge in [0.2, 0.25) is 0 Å². The highest BCUT2D eigenvalue weighted by molar-refractivity contribution is 7.27. The average Bonchev–Trinajstić information content (AvgIpc) is 3.71. The zero-order valence-corrected chi connectivity index (χ0v) is 26.9. The van der Waals surface area contributed by atoms with Crippen molar-refractivity contribution in [3.63, 3.8) is 0 Å². The van der Waals surface area contributed by atoms with Gasteiger partial charge in [-0.15, -0.1) is 22.7 Å². The van der Waals surface area contributed by atoms with Crippen LogP contribution in [0.2, 0.25) is 0 Å². The summed E-state index contributed by atoms with van der Waals surface area (Å²) in [5.74, 6) is 0.